The van der Waals surface area contributed by atoms with Gasteiger partial charge in [0, 0.05) is 0 Å². The SMILES string of the molecule is O=S(=O)([O-])C(F)(F)C(F)OC(F)(F)F. The highest BCUT2D eigenvalue weighted by atomic mass is 32.2. The van der Waals surface area contributed by atoms with Gasteiger partial charge in [-0.1, -0.05) is 0 Å². The molecule has 0 bridgehead atoms. The van der Waals surface area contributed by atoms with Crippen molar-refractivity contribution in [3.63, 3.8) is 0 Å². The maximum atomic E-state index is 12.0. The number of rotatable bonds is 3. The van der Waals surface area contributed by atoms with Gasteiger partial charge >= 0.3 is 11.6 Å². The van der Waals surface area contributed by atoms with E-state index in [2.05, 4.69) is 0 Å². The van der Waals surface area contributed by atoms with E-state index in [0.29, 0.717) is 0 Å². The second kappa shape index (κ2) is 3.55. The van der Waals surface area contributed by atoms with Crippen molar-refractivity contribution >= 4 is 10.1 Å². The molecule has 1 atom stereocenters. The lowest BCUT2D eigenvalue weighted by molar-refractivity contribution is -0.378. The zero-order valence-electron chi connectivity index (χ0n) is 5.89. The van der Waals surface area contributed by atoms with Crippen molar-refractivity contribution in [2.75, 3.05) is 0 Å². The maximum absolute atomic E-state index is 12.0. The molecule has 0 aliphatic rings. The van der Waals surface area contributed by atoms with Crippen LogP contribution < -0.4 is 0 Å². The van der Waals surface area contributed by atoms with Gasteiger partial charge in [-0.2, -0.15) is 8.78 Å². The van der Waals surface area contributed by atoms with Crippen LogP contribution in [0.25, 0.3) is 0 Å². The van der Waals surface area contributed by atoms with Crippen molar-refractivity contribution in [1.82, 2.24) is 0 Å². The summed E-state index contributed by atoms with van der Waals surface area (Å²) in [5.41, 5.74) is 0. The number of alkyl halides is 6. The van der Waals surface area contributed by atoms with E-state index in [1.54, 1.807) is 0 Å². The predicted octanol–water partition coefficient (Wildman–Crippen LogP) is 0.956. The lowest BCUT2D eigenvalue weighted by Gasteiger charge is -2.23. The molecule has 0 saturated carbocycles. The minimum absolute atomic E-state index is 2.03. The molecule has 0 spiro atoms. The first-order chi connectivity index (χ1) is 5.88. The fraction of sp³-hybridized carbons (Fsp3) is 1.00. The monoisotopic (exact) mass is 247 g/mol. The topological polar surface area (TPSA) is 66.4 Å². The first-order valence-electron chi connectivity index (χ1n) is 2.60. The first kappa shape index (κ1) is 13.4. The van der Waals surface area contributed by atoms with Gasteiger partial charge in [0.1, 0.15) is 0 Å². The first-order valence-corrected chi connectivity index (χ1v) is 4.00. The highest BCUT2D eigenvalue weighted by Gasteiger charge is 2.53. The van der Waals surface area contributed by atoms with Crippen LogP contribution in [0, 0.1) is 0 Å². The predicted molar refractivity (Wildman–Crippen MR) is 26.7 cm³/mol. The summed E-state index contributed by atoms with van der Waals surface area (Å²) in [6, 6.07) is 0. The molecular formula is C3HF6O4S-. The van der Waals surface area contributed by atoms with E-state index in [-0.39, 0.29) is 0 Å². The molecule has 11 heteroatoms. The molecule has 0 aliphatic carbocycles. The minimum Gasteiger partial charge on any atom is -0.743 e. The summed E-state index contributed by atoms with van der Waals surface area (Å²) < 4.78 is 100. The van der Waals surface area contributed by atoms with Crippen LogP contribution in [-0.4, -0.2) is 30.9 Å². The summed E-state index contributed by atoms with van der Waals surface area (Å²) >= 11 is 0. The standard InChI is InChI=1S/C3H2F6O4S/c4-1(13-3(7,8)9)2(5,6)14(10,11)12/h1H,(H,10,11,12)/p-1. The van der Waals surface area contributed by atoms with E-state index >= 15 is 0 Å². The molecule has 0 fully saturated rings. The smallest absolute Gasteiger partial charge is 0.525 e. The van der Waals surface area contributed by atoms with Gasteiger partial charge in [0.15, 0.2) is 10.1 Å². The quantitative estimate of drug-likeness (QED) is 0.550. The van der Waals surface area contributed by atoms with Crippen LogP contribution in [0.15, 0.2) is 0 Å². The molecule has 0 aromatic carbocycles. The van der Waals surface area contributed by atoms with Crippen molar-refractivity contribution in [3.05, 3.63) is 0 Å². The van der Waals surface area contributed by atoms with Gasteiger partial charge in [-0.3, -0.25) is 0 Å². The van der Waals surface area contributed by atoms with Gasteiger partial charge in [-0.05, 0) is 0 Å². The van der Waals surface area contributed by atoms with E-state index in [9.17, 15) is 39.3 Å². The van der Waals surface area contributed by atoms with Crippen LogP contribution in [0.1, 0.15) is 0 Å². The van der Waals surface area contributed by atoms with Crippen molar-refractivity contribution in [1.29, 1.82) is 0 Å². The van der Waals surface area contributed by atoms with E-state index in [0.717, 1.165) is 0 Å². The Morgan fingerprint density at radius 2 is 1.50 bits per heavy atom. The molecule has 4 nitrogen and oxygen atoms in total. The molecule has 1 unspecified atom stereocenters. The van der Waals surface area contributed by atoms with Gasteiger partial charge in [0.2, 0.25) is 0 Å². The average Bonchev–Trinajstić information content (AvgIpc) is 1.80. The molecule has 0 amide bonds. The Morgan fingerprint density at radius 1 is 1.14 bits per heavy atom. The van der Waals surface area contributed by atoms with Crippen LogP contribution in [0.5, 0.6) is 0 Å². The third-order valence-electron chi connectivity index (χ3n) is 0.835. The molecule has 0 aromatic rings. The average molecular weight is 247 g/mol. The molecule has 0 rings (SSSR count). The molecule has 0 heterocycles. The van der Waals surface area contributed by atoms with Gasteiger partial charge in [0.05, 0.1) is 0 Å². The van der Waals surface area contributed by atoms with Crippen molar-refractivity contribution < 1.29 is 44.0 Å². The van der Waals surface area contributed by atoms with E-state index in [1.807, 2.05) is 4.74 Å². The van der Waals surface area contributed by atoms with Crippen LogP contribution in [0.3, 0.4) is 0 Å². The fourth-order valence-corrected chi connectivity index (χ4v) is 0.574. The Bertz CT molecular complexity index is 293. The summed E-state index contributed by atoms with van der Waals surface area (Å²) in [5.74, 6) is 0. The van der Waals surface area contributed by atoms with Crippen LogP contribution in [-0.2, 0) is 14.9 Å². The summed E-state index contributed by atoms with van der Waals surface area (Å²) in [6.45, 7) is 0. The second-order valence-electron chi connectivity index (χ2n) is 1.90. The maximum Gasteiger partial charge on any atom is 0.525 e. The highest BCUT2D eigenvalue weighted by Crippen LogP contribution is 2.32. The lowest BCUT2D eigenvalue weighted by atomic mass is 10.7. The van der Waals surface area contributed by atoms with E-state index in [4.69, 9.17) is 0 Å². The molecule has 0 N–H and O–H groups in total. The summed E-state index contributed by atoms with van der Waals surface area (Å²) in [6.07, 6.45) is -10.4. The molecule has 14 heavy (non-hydrogen) atoms. The van der Waals surface area contributed by atoms with Gasteiger partial charge in [-0.25, -0.2) is 17.5 Å². The molecule has 0 radical (unpaired) electrons. The third-order valence-corrected chi connectivity index (χ3v) is 1.69. The minimum atomic E-state index is -6.56. The molecule has 0 aromatic heterocycles. The fourth-order valence-electron chi connectivity index (χ4n) is 0.299. The third kappa shape index (κ3) is 3.31. The summed E-state index contributed by atoms with van der Waals surface area (Å²) in [7, 11) is -6.56. The number of hydrogen-bond acceptors (Lipinski definition) is 4. The van der Waals surface area contributed by atoms with Gasteiger partial charge in [0.25, 0.3) is 6.36 Å². The Hall–Kier alpha value is -0.550. The molecule has 86 valence electrons. The Balaban J connectivity index is 4.79. The largest absolute Gasteiger partial charge is 0.743 e. The summed E-state index contributed by atoms with van der Waals surface area (Å²) in [4.78, 5) is 0. The second-order valence-corrected chi connectivity index (χ2v) is 3.35. The van der Waals surface area contributed by atoms with Crippen molar-refractivity contribution in [2.24, 2.45) is 0 Å². The van der Waals surface area contributed by atoms with Crippen LogP contribution in [0.4, 0.5) is 26.3 Å². The van der Waals surface area contributed by atoms with Crippen LogP contribution >= 0.6 is 0 Å². The van der Waals surface area contributed by atoms with Crippen molar-refractivity contribution in [2.45, 2.75) is 18.0 Å². The van der Waals surface area contributed by atoms with E-state index < -0.39 is 28.1 Å². The number of hydrogen-bond donors (Lipinski definition) is 0. The number of ether oxygens (including phenoxy) is 1. The Kier molecular flexibility index (Phi) is 3.41. The molecule has 0 saturated heterocycles. The highest BCUT2D eigenvalue weighted by molar-refractivity contribution is 7.86. The molecular weight excluding hydrogens is 246 g/mol. The summed E-state index contributed by atoms with van der Waals surface area (Å²) in [5, 5.41) is -5.79. The van der Waals surface area contributed by atoms with Crippen LogP contribution in [0.2, 0.25) is 0 Å². The van der Waals surface area contributed by atoms with Crippen molar-refractivity contribution in [3.8, 4) is 0 Å². The normalized spacial score (nSPS) is 16.8. The zero-order chi connectivity index (χ0) is 11.8. The molecule has 0 aliphatic heterocycles. The Labute approximate surface area is 73.2 Å². The Morgan fingerprint density at radius 3 is 1.71 bits per heavy atom. The van der Waals surface area contributed by atoms with Gasteiger partial charge in [-0.15, -0.1) is 13.2 Å². The van der Waals surface area contributed by atoms with Gasteiger partial charge < -0.3 is 4.55 Å². The number of halogens is 6. The lowest BCUT2D eigenvalue weighted by Crippen LogP contribution is -2.42. The van der Waals surface area contributed by atoms with E-state index in [1.165, 1.54) is 0 Å². The zero-order valence-corrected chi connectivity index (χ0v) is 6.70.